The molecular formula is C31H39NO6S. The molecule has 7 nitrogen and oxygen atoms in total. The summed E-state index contributed by atoms with van der Waals surface area (Å²) in [5.74, 6) is -1.36. The highest BCUT2D eigenvalue weighted by atomic mass is 32.1. The van der Waals surface area contributed by atoms with E-state index in [9.17, 15) is 24.9 Å². The SMILES string of the molecule is CC(C)=CCC/C(C)=C/CC[C@]1(C)Oc2c(c(O)cc3c2CN([C@H](C(=O)O)c2ccccc2)C3=O)C[C@@H]1O.S. The van der Waals surface area contributed by atoms with Gasteiger partial charge in [0.25, 0.3) is 5.91 Å². The Morgan fingerprint density at radius 1 is 1.15 bits per heavy atom. The van der Waals surface area contributed by atoms with E-state index in [-0.39, 0.29) is 37.8 Å². The highest BCUT2D eigenvalue weighted by Crippen LogP contribution is 2.47. The number of aliphatic hydroxyl groups is 1. The first-order valence-corrected chi connectivity index (χ1v) is 13.1. The van der Waals surface area contributed by atoms with Crippen molar-refractivity contribution in [1.82, 2.24) is 4.90 Å². The van der Waals surface area contributed by atoms with Crippen LogP contribution in [0.1, 0.15) is 86.5 Å². The Labute approximate surface area is 237 Å². The van der Waals surface area contributed by atoms with Crippen LogP contribution in [0.25, 0.3) is 0 Å². The fraction of sp³-hybridized carbons (Fsp3) is 0.419. The van der Waals surface area contributed by atoms with Crippen LogP contribution in [0.5, 0.6) is 11.5 Å². The van der Waals surface area contributed by atoms with Crippen molar-refractivity contribution in [2.75, 3.05) is 0 Å². The average Bonchev–Trinajstić information content (AvgIpc) is 3.16. The van der Waals surface area contributed by atoms with E-state index in [1.54, 1.807) is 30.3 Å². The van der Waals surface area contributed by atoms with Crippen molar-refractivity contribution in [2.24, 2.45) is 0 Å². The zero-order chi connectivity index (χ0) is 27.6. The van der Waals surface area contributed by atoms with Crippen molar-refractivity contribution in [1.29, 1.82) is 0 Å². The molecule has 4 rings (SSSR count). The van der Waals surface area contributed by atoms with Gasteiger partial charge in [0.05, 0.1) is 18.2 Å². The second kappa shape index (κ2) is 12.3. The number of aliphatic carboxylic acids is 1. The molecule has 2 aromatic rings. The molecule has 0 saturated heterocycles. The van der Waals surface area contributed by atoms with Crippen molar-refractivity contribution in [3.05, 3.63) is 82.0 Å². The molecule has 0 unspecified atom stereocenters. The summed E-state index contributed by atoms with van der Waals surface area (Å²) in [7, 11) is 0. The molecule has 2 aliphatic heterocycles. The summed E-state index contributed by atoms with van der Waals surface area (Å²) in [6, 6.07) is 8.83. The first-order chi connectivity index (χ1) is 18.0. The Morgan fingerprint density at radius 3 is 2.49 bits per heavy atom. The number of carboxylic acids is 1. The highest BCUT2D eigenvalue weighted by molar-refractivity contribution is 7.59. The Hall–Kier alpha value is -3.23. The van der Waals surface area contributed by atoms with E-state index in [4.69, 9.17) is 4.74 Å². The number of carbonyl (C=O) groups is 2. The summed E-state index contributed by atoms with van der Waals surface area (Å²) in [5, 5.41) is 31.8. The van der Waals surface area contributed by atoms with E-state index >= 15 is 0 Å². The number of hydrogen-bond donors (Lipinski definition) is 3. The number of amides is 1. The molecule has 0 aromatic heterocycles. The van der Waals surface area contributed by atoms with E-state index in [1.807, 2.05) is 6.92 Å². The van der Waals surface area contributed by atoms with Gasteiger partial charge in [-0.25, -0.2) is 4.79 Å². The molecular weight excluding hydrogens is 514 g/mol. The van der Waals surface area contributed by atoms with Gasteiger partial charge in [-0.3, -0.25) is 4.79 Å². The summed E-state index contributed by atoms with van der Waals surface area (Å²) in [5.41, 5.74) is 3.38. The number of phenols is 1. The smallest absolute Gasteiger partial charge is 0.331 e. The summed E-state index contributed by atoms with van der Waals surface area (Å²) in [6.45, 7) is 8.17. The number of ether oxygens (including phenoxy) is 1. The number of carbonyl (C=O) groups excluding carboxylic acids is 1. The molecule has 8 heteroatoms. The van der Waals surface area contributed by atoms with Crippen LogP contribution in [0.4, 0.5) is 0 Å². The number of allylic oxidation sites excluding steroid dienone is 4. The molecule has 39 heavy (non-hydrogen) atoms. The van der Waals surface area contributed by atoms with Crippen LogP contribution in [0, 0.1) is 0 Å². The minimum Gasteiger partial charge on any atom is -0.508 e. The van der Waals surface area contributed by atoms with Crippen LogP contribution in [0.15, 0.2) is 59.7 Å². The topological polar surface area (TPSA) is 107 Å². The maximum absolute atomic E-state index is 13.4. The monoisotopic (exact) mass is 553 g/mol. The van der Waals surface area contributed by atoms with Crippen molar-refractivity contribution in [2.45, 2.75) is 84.1 Å². The maximum Gasteiger partial charge on any atom is 0.331 e. The van der Waals surface area contributed by atoms with Crippen LogP contribution < -0.4 is 4.74 Å². The Morgan fingerprint density at radius 2 is 1.85 bits per heavy atom. The number of fused-ring (bicyclic) bond motifs is 3. The average molecular weight is 554 g/mol. The summed E-state index contributed by atoms with van der Waals surface area (Å²) in [4.78, 5) is 26.9. The fourth-order valence-corrected chi connectivity index (χ4v) is 5.32. The number of rotatable bonds is 9. The van der Waals surface area contributed by atoms with Gasteiger partial charge in [0, 0.05) is 17.5 Å². The summed E-state index contributed by atoms with van der Waals surface area (Å²) in [6.07, 6.45) is 6.96. The molecule has 0 spiro atoms. The molecule has 2 aromatic carbocycles. The van der Waals surface area contributed by atoms with Gasteiger partial charge in [0.15, 0.2) is 6.04 Å². The van der Waals surface area contributed by atoms with Crippen LogP contribution in [0.2, 0.25) is 0 Å². The third-order valence-corrected chi connectivity index (χ3v) is 7.61. The molecule has 0 saturated carbocycles. The van der Waals surface area contributed by atoms with Gasteiger partial charge in [-0.05, 0) is 65.0 Å². The summed E-state index contributed by atoms with van der Waals surface area (Å²) < 4.78 is 6.42. The standard InChI is InChI=1S/C31H37NO6.H2S/c1-19(2)10-8-11-20(3)12-9-15-31(4)26(34)17-23-25(33)16-22-24(28(23)38-31)18-32(29(22)35)27(30(36)37)21-13-6-5-7-14-21;/h5-7,10,12-14,16,26-27,33-34H,8-9,11,15,17-18H2,1-4H3,(H,36,37);1H2/b20-12+;/t26-,27-,31-;/m0./s1. The third-order valence-electron chi connectivity index (χ3n) is 7.61. The quantitative estimate of drug-likeness (QED) is 0.338. The molecule has 0 fully saturated rings. The van der Waals surface area contributed by atoms with E-state index in [0.717, 1.165) is 12.8 Å². The summed E-state index contributed by atoms with van der Waals surface area (Å²) >= 11 is 0. The van der Waals surface area contributed by atoms with Gasteiger partial charge in [0.1, 0.15) is 17.1 Å². The fourth-order valence-electron chi connectivity index (χ4n) is 5.32. The molecule has 3 atom stereocenters. The number of phenolic OH excluding ortho intramolecular Hbond substituents is 1. The Bertz CT molecular complexity index is 1280. The molecule has 2 aliphatic rings. The number of benzene rings is 2. The number of nitrogens with zero attached hydrogens (tertiary/aromatic N) is 1. The van der Waals surface area contributed by atoms with E-state index in [0.29, 0.717) is 35.3 Å². The zero-order valence-electron chi connectivity index (χ0n) is 23.0. The Balaban J connectivity index is 0.00000420. The van der Waals surface area contributed by atoms with E-state index in [1.165, 1.54) is 22.1 Å². The van der Waals surface area contributed by atoms with E-state index < -0.39 is 29.6 Å². The first kappa shape index (κ1) is 30.3. The number of aromatic hydroxyl groups is 1. The van der Waals surface area contributed by atoms with Gasteiger partial charge >= 0.3 is 5.97 Å². The van der Waals surface area contributed by atoms with Crippen molar-refractivity contribution >= 4 is 25.4 Å². The molecule has 2 heterocycles. The number of hydrogen-bond acceptors (Lipinski definition) is 5. The van der Waals surface area contributed by atoms with Crippen LogP contribution >= 0.6 is 13.5 Å². The predicted molar refractivity (Wildman–Crippen MR) is 156 cm³/mol. The van der Waals surface area contributed by atoms with Crippen LogP contribution in [-0.2, 0) is 17.8 Å². The molecule has 0 aliphatic carbocycles. The van der Waals surface area contributed by atoms with Crippen LogP contribution in [0.3, 0.4) is 0 Å². The lowest BCUT2D eigenvalue weighted by atomic mass is 9.84. The number of carboxylic acid groups (broad SMARTS) is 1. The molecule has 1 amide bonds. The second-order valence-electron chi connectivity index (χ2n) is 10.9. The van der Waals surface area contributed by atoms with Gasteiger partial charge in [-0.1, -0.05) is 53.6 Å². The lowest BCUT2D eigenvalue weighted by Gasteiger charge is -2.41. The van der Waals surface area contributed by atoms with Gasteiger partial charge in [0.2, 0.25) is 0 Å². The molecule has 210 valence electrons. The second-order valence-corrected chi connectivity index (χ2v) is 10.9. The predicted octanol–water partition coefficient (Wildman–Crippen LogP) is 5.81. The minimum absolute atomic E-state index is 0. The lowest BCUT2D eigenvalue weighted by molar-refractivity contribution is -0.142. The van der Waals surface area contributed by atoms with Gasteiger partial charge < -0.3 is 25.0 Å². The van der Waals surface area contributed by atoms with Gasteiger partial charge in [-0.15, -0.1) is 0 Å². The number of aliphatic hydroxyl groups excluding tert-OH is 1. The van der Waals surface area contributed by atoms with Gasteiger partial charge in [-0.2, -0.15) is 13.5 Å². The normalized spacial score (nSPS) is 20.8. The third kappa shape index (κ3) is 6.34. The van der Waals surface area contributed by atoms with Crippen molar-refractivity contribution in [3.8, 4) is 11.5 Å². The Kier molecular flexibility index (Phi) is 9.56. The van der Waals surface area contributed by atoms with Crippen LogP contribution in [-0.4, -0.2) is 43.8 Å². The van der Waals surface area contributed by atoms with Crippen molar-refractivity contribution < 1.29 is 29.6 Å². The highest BCUT2D eigenvalue weighted by Gasteiger charge is 2.46. The van der Waals surface area contributed by atoms with E-state index in [2.05, 4.69) is 32.9 Å². The first-order valence-electron chi connectivity index (χ1n) is 13.1. The molecule has 0 radical (unpaired) electrons. The zero-order valence-corrected chi connectivity index (χ0v) is 24.0. The molecule has 3 N–H and O–H groups in total. The molecule has 0 bridgehead atoms. The van der Waals surface area contributed by atoms with Crippen molar-refractivity contribution in [3.63, 3.8) is 0 Å². The lowest BCUT2D eigenvalue weighted by Crippen LogP contribution is -2.49. The minimum atomic E-state index is -1.17. The maximum atomic E-state index is 13.4. The largest absolute Gasteiger partial charge is 0.508 e.